The minimum absolute atomic E-state index is 0.0336. The molecule has 0 saturated heterocycles. The molecule has 0 radical (unpaired) electrons. The van der Waals surface area contributed by atoms with E-state index in [0.29, 0.717) is 6.07 Å². The molecular weight excluding hydrogens is 397 g/mol. The van der Waals surface area contributed by atoms with Crippen LogP contribution in [0.15, 0.2) is 42.5 Å². The highest BCUT2D eigenvalue weighted by Crippen LogP contribution is 2.30. The zero-order valence-corrected chi connectivity index (χ0v) is 15.1. The number of halogens is 3. The molecule has 2 aromatic rings. The predicted molar refractivity (Wildman–Crippen MR) is 94.6 cm³/mol. The number of nitrogens with one attached hydrogen (secondary N) is 1. The number of esters is 1. The van der Waals surface area contributed by atoms with E-state index in [1.807, 2.05) is 0 Å². The van der Waals surface area contributed by atoms with Crippen LogP contribution in [-0.4, -0.2) is 30.0 Å². The Labute approximate surface area is 162 Å². The van der Waals surface area contributed by atoms with Crippen molar-refractivity contribution in [1.82, 2.24) is 0 Å². The highest BCUT2D eigenvalue weighted by atomic mass is 19.4. The molecule has 11 heteroatoms. The van der Waals surface area contributed by atoms with E-state index in [-0.39, 0.29) is 22.7 Å². The Morgan fingerprint density at radius 3 is 2.45 bits per heavy atom. The highest BCUT2D eigenvalue weighted by molar-refractivity contribution is 5.98. The lowest BCUT2D eigenvalue weighted by molar-refractivity contribution is -0.384. The van der Waals surface area contributed by atoms with E-state index >= 15 is 0 Å². The van der Waals surface area contributed by atoms with E-state index in [2.05, 4.69) is 5.32 Å². The van der Waals surface area contributed by atoms with E-state index in [1.54, 1.807) is 0 Å². The summed E-state index contributed by atoms with van der Waals surface area (Å²) in [7, 11) is 1.29. The zero-order chi connectivity index (χ0) is 21.8. The molecule has 0 spiro atoms. The van der Waals surface area contributed by atoms with Crippen molar-refractivity contribution < 1.29 is 37.2 Å². The predicted octanol–water partition coefficient (Wildman–Crippen LogP) is 3.81. The molecule has 0 heterocycles. The van der Waals surface area contributed by atoms with Crippen molar-refractivity contribution in [2.24, 2.45) is 0 Å². The fourth-order valence-corrected chi connectivity index (χ4v) is 2.25. The van der Waals surface area contributed by atoms with Gasteiger partial charge >= 0.3 is 12.1 Å². The van der Waals surface area contributed by atoms with E-state index < -0.39 is 34.6 Å². The van der Waals surface area contributed by atoms with Gasteiger partial charge in [-0.15, -0.1) is 0 Å². The van der Waals surface area contributed by atoms with Crippen molar-refractivity contribution >= 4 is 23.3 Å². The van der Waals surface area contributed by atoms with Crippen molar-refractivity contribution in [3.63, 3.8) is 0 Å². The quantitative estimate of drug-likeness (QED) is 0.439. The van der Waals surface area contributed by atoms with Crippen LogP contribution in [0.5, 0.6) is 5.75 Å². The molecule has 0 bridgehead atoms. The summed E-state index contributed by atoms with van der Waals surface area (Å²) in [6.07, 6.45) is -6.04. The van der Waals surface area contributed by atoms with Crippen molar-refractivity contribution in [2.45, 2.75) is 19.2 Å². The summed E-state index contributed by atoms with van der Waals surface area (Å²) in [5.74, 6) is -1.87. The summed E-state index contributed by atoms with van der Waals surface area (Å²) in [6.45, 7) is 1.20. The number of nitrogens with zero attached hydrogens (tertiary/aromatic N) is 1. The number of non-ortho nitro benzene ring substituents is 1. The molecule has 0 aliphatic heterocycles. The molecule has 2 rings (SSSR count). The number of alkyl halides is 3. The SMILES string of the molecule is COc1ccc([N+](=O)[O-])cc1NC(=O)[C@@H](C)OC(=O)c1cccc(C(F)(F)F)c1. The summed E-state index contributed by atoms with van der Waals surface area (Å²) < 4.78 is 48.1. The van der Waals surface area contributed by atoms with E-state index in [9.17, 15) is 32.9 Å². The number of benzene rings is 2. The van der Waals surface area contributed by atoms with Crippen LogP contribution in [0, 0.1) is 10.1 Å². The Morgan fingerprint density at radius 2 is 1.86 bits per heavy atom. The highest BCUT2D eigenvalue weighted by Gasteiger charge is 2.31. The summed E-state index contributed by atoms with van der Waals surface area (Å²) in [4.78, 5) is 34.5. The Bertz CT molecular complexity index is 945. The summed E-state index contributed by atoms with van der Waals surface area (Å²) in [6, 6.07) is 7.05. The fraction of sp³-hybridized carbons (Fsp3) is 0.222. The van der Waals surface area contributed by atoms with Crippen molar-refractivity contribution in [2.75, 3.05) is 12.4 Å². The first kappa shape index (κ1) is 21.7. The third-order valence-corrected chi connectivity index (χ3v) is 3.73. The normalized spacial score (nSPS) is 12.0. The number of anilines is 1. The Morgan fingerprint density at radius 1 is 1.17 bits per heavy atom. The van der Waals surface area contributed by atoms with E-state index in [4.69, 9.17) is 9.47 Å². The number of carbonyl (C=O) groups is 2. The minimum Gasteiger partial charge on any atom is -0.495 e. The van der Waals surface area contributed by atoms with Gasteiger partial charge in [-0.1, -0.05) is 6.07 Å². The van der Waals surface area contributed by atoms with Crippen LogP contribution in [-0.2, 0) is 15.7 Å². The Balaban J connectivity index is 2.13. The van der Waals surface area contributed by atoms with Gasteiger partial charge in [0.25, 0.3) is 11.6 Å². The molecule has 1 N–H and O–H groups in total. The second-order valence-electron chi connectivity index (χ2n) is 5.76. The minimum atomic E-state index is -4.64. The molecule has 0 fully saturated rings. The largest absolute Gasteiger partial charge is 0.495 e. The number of ether oxygens (including phenoxy) is 2. The molecular formula is C18H15F3N2O6. The lowest BCUT2D eigenvalue weighted by atomic mass is 10.1. The van der Waals surface area contributed by atoms with Crippen molar-refractivity contribution in [3.05, 3.63) is 63.7 Å². The lowest BCUT2D eigenvalue weighted by Gasteiger charge is -2.15. The average molecular weight is 412 g/mol. The zero-order valence-electron chi connectivity index (χ0n) is 15.1. The van der Waals surface area contributed by atoms with Crippen molar-refractivity contribution in [1.29, 1.82) is 0 Å². The third-order valence-electron chi connectivity index (χ3n) is 3.73. The first-order chi connectivity index (χ1) is 13.5. The maximum atomic E-state index is 12.7. The van der Waals surface area contributed by atoms with E-state index in [1.165, 1.54) is 26.2 Å². The van der Waals surface area contributed by atoms with Gasteiger partial charge in [0.05, 0.1) is 28.8 Å². The topological polar surface area (TPSA) is 108 Å². The van der Waals surface area contributed by atoms with Crippen LogP contribution >= 0.6 is 0 Å². The molecule has 0 aliphatic carbocycles. The van der Waals surface area contributed by atoms with Gasteiger partial charge in [0, 0.05) is 12.1 Å². The molecule has 2 aromatic carbocycles. The molecule has 29 heavy (non-hydrogen) atoms. The number of nitro benzene ring substituents is 1. The fourth-order valence-electron chi connectivity index (χ4n) is 2.25. The first-order valence-electron chi connectivity index (χ1n) is 8.04. The van der Waals surface area contributed by atoms with Crippen LogP contribution in [0.1, 0.15) is 22.8 Å². The second-order valence-corrected chi connectivity index (χ2v) is 5.76. The van der Waals surface area contributed by atoms with Gasteiger partial charge in [-0.2, -0.15) is 13.2 Å². The molecule has 0 saturated carbocycles. The molecule has 1 atom stereocenters. The van der Waals surface area contributed by atoms with Gasteiger partial charge < -0.3 is 14.8 Å². The van der Waals surface area contributed by atoms with Gasteiger partial charge in [-0.3, -0.25) is 14.9 Å². The van der Waals surface area contributed by atoms with Gasteiger partial charge in [0.1, 0.15) is 5.75 Å². The molecule has 154 valence electrons. The molecule has 0 unspecified atom stereocenters. The van der Waals surface area contributed by atoms with Gasteiger partial charge in [-0.25, -0.2) is 4.79 Å². The molecule has 8 nitrogen and oxygen atoms in total. The number of amides is 1. The van der Waals surface area contributed by atoms with Crippen LogP contribution in [0.3, 0.4) is 0 Å². The molecule has 1 amide bonds. The van der Waals surface area contributed by atoms with Crippen molar-refractivity contribution in [3.8, 4) is 5.75 Å². The third kappa shape index (κ3) is 5.43. The van der Waals surface area contributed by atoms with Gasteiger partial charge in [-0.05, 0) is 31.2 Å². The molecule has 0 aliphatic rings. The summed E-state index contributed by atoms with van der Waals surface area (Å²) in [5.41, 5.74) is -1.76. The number of methoxy groups -OCH3 is 1. The van der Waals surface area contributed by atoms with Crippen LogP contribution in [0.25, 0.3) is 0 Å². The average Bonchev–Trinajstić information content (AvgIpc) is 2.67. The number of nitro groups is 1. The monoisotopic (exact) mass is 412 g/mol. The second kappa shape index (κ2) is 8.59. The van der Waals surface area contributed by atoms with Crippen LogP contribution in [0.4, 0.5) is 24.5 Å². The van der Waals surface area contributed by atoms with Gasteiger partial charge in [0.2, 0.25) is 0 Å². The summed E-state index contributed by atoms with van der Waals surface area (Å²) >= 11 is 0. The standard InChI is InChI=1S/C18H15F3N2O6/c1-10(29-17(25)11-4-3-5-12(8-11)18(19,20)21)16(24)22-14-9-13(23(26)27)6-7-15(14)28-2/h3-10H,1-2H3,(H,22,24)/t10-/m1/s1. The first-order valence-corrected chi connectivity index (χ1v) is 8.04. The summed E-state index contributed by atoms with van der Waals surface area (Å²) in [5, 5.41) is 13.2. The number of hydrogen-bond donors (Lipinski definition) is 1. The van der Waals surface area contributed by atoms with E-state index in [0.717, 1.165) is 24.3 Å². The van der Waals surface area contributed by atoms with Crippen LogP contribution < -0.4 is 10.1 Å². The maximum Gasteiger partial charge on any atom is 0.416 e. The lowest BCUT2D eigenvalue weighted by Crippen LogP contribution is -2.30. The Kier molecular flexibility index (Phi) is 6.42. The number of hydrogen-bond acceptors (Lipinski definition) is 6. The molecule has 0 aromatic heterocycles. The van der Waals surface area contributed by atoms with Gasteiger partial charge in [0.15, 0.2) is 6.10 Å². The smallest absolute Gasteiger partial charge is 0.416 e. The number of carbonyl (C=O) groups excluding carboxylic acids is 2. The Hall–Kier alpha value is -3.63. The number of rotatable bonds is 6. The maximum absolute atomic E-state index is 12.7. The van der Waals surface area contributed by atoms with Crippen LogP contribution in [0.2, 0.25) is 0 Å².